The molecule has 0 saturated heterocycles. The molecule has 3 aliphatic carbocycles. The van der Waals surface area contributed by atoms with Crippen LogP contribution in [0.2, 0.25) is 5.02 Å². The van der Waals surface area contributed by atoms with Crippen LogP contribution in [0.1, 0.15) is 50.7 Å². The predicted octanol–water partition coefficient (Wildman–Crippen LogP) is 6.41. The van der Waals surface area contributed by atoms with Crippen molar-refractivity contribution in [2.45, 2.75) is 46.0 Å². The van der Waals surface area contributed by atoms with Gasteiger partial charge in [-0.1, -0.05) is 53.9 Å². The SMILES string of the molecule is CCc1ccc(-c2ccc(Cl)cc2)cc1C1C(=O)[C@@H]2[C@H](C1=O)[C@H]1CC[C@@H]2C1=C(C)C. The van der Waals surface area contributed by atoms with Crippen LogP contribution in [0.25, 0.3) is 11.1 Å². The smallest absolute Gasteiger partial charge is 0.152 e. The molecule has 154 valence electrons. The number of fused-ring (bicyclic) bond motifs is 5. The van der Waals surface area contributed by atoms with Crippen molar-refractivity contribution in [3.8, 4) is 11.1 Å². The van der Waals surface area contributed by atoms with Crippen LogP contribution in [0, 0.1) is 23.7 Å². The topological polar surface area (TPSA) is 34.1 Å². The zero-order valence-electron chi connectivity index (χ0n) is 17.7. The molecule has 0 radical (unpaired) electrons. The fourth-order valence-electron chi connectivity index (χ4n) is 6.52. The molecule has 3 fully saturated rings. The minimum absolute atomic E-state index is 0.102. The molecule has 1 unspecified atom stereocenters. The molecule has 30 heavy (non-hydrogen) atoms. The number of halogens is 1. The maximum absolute atomic E-state index is 13.7. The van der Waals surface area contributed by atoms with Gasteiger partial charge in [0, 0.05) is 16.9 Å². The van der Waals surface area contributed by atoms with Crippen molar-refractivity contribution < 1.29 is 9.59 Å². The Hall–Kier alpha value is -2.19. The molecule has 0 heterocycles. The fourth-order valence-corrected chi connectivity index (χ4v) is 6.65. The van der Waals surface area contributed by atoms with Crippen LogP contribution < -0.4 is 0 Å². The minimum atomic E-state index is -0.594. The number of benzene rings is 2. The molecule has 0 amide bonds. The number of ketones is 2. The van der Waals surface area contributed by atoms with Crippen molar-refractivity contribution in [2.24, 2.45) is 23.7 Å². The summed E-state index contributed by atoms with van der Waals surface area (Å²) < 4.78 is 0. The second-order valence-electron chi connectivity index (χ2n) is 9.31. The Balaban J connectivity index is 1.57. The van der Waals surface area contributed by atoms with E-state index in [1.54, 1.807) is 0 Å². The zero-order chi connectivity index (χ0) is 21.2. The highest BCUT2D eigenvalue weighted by Gasteiger charge is 2.63. The van der Waals surface area contributed by atoms with Gasteiger partial charge >= 0.3 is 0 Å². The van der Waals surface area contributed by atoms with Crippen molar-refractivity contribution in [1.82, 2.24) is 0 Å². The standard InChI is InChI=1S/C27H27ClO2/c1-4-15-5-6-17(16-7-9-18(28)10-8-16)13-21(15)25-26(29)23-19-11-12-20(22(19)14(2)3)24(23)27(25)30/h5-10,13,19-20,23-25H,4,11-12H2,1-3H3/t19-,20+,23+,24-,25?. The van der Waals surface area contributed by atoms with E-state index in [1.807, 2.05) is 24.3 Å². The molecule has 0 N–H and O–H groups in total. The maximum Gasteiger partial charge on any atom is 0.152 e. The second kappa shape index (κ2) is 7.20. The Labute approximate surface area is 183 Å². The first kappa shape index (κ1) is 19.8. The third-order valence-corrected chi connectivity index (χ3v) is 7.91. The zero-order valence-corrected chi connectivity index (χ0v) is 18.5. The van der Waals surface area contributed by atoms with Gasteiger partial charge in [-0.05, 0) is 85.4 Å². The van der Waals surface area contributed by atoms with E-state index in [9.17, 15) is 9.59 Å². The van der Waals surface area contributed by atoms with E-state index in [4.69, 9.17) is 11.6 Å². The van der Waals surface area contributed by atoms with Crippen molar-refractivity contribution in [3.63, 3.8) is 0 Å². The highest BCUT2D eigenvalue weighted by molar-refractivity contribution is 6.30. The number of aryl methyl sites for hydroxylation is 1. The molecular formula is C27H27ClO2. The highest BCUT2D eigenvalue weighted by atomic mass is 35.5. The molecule has 3 aliphatic rings. The lowest BCUT2D eigenvalue weighted by molar-refractivity contribution is -0.125. The van der Waals surface area contributed by atoms with Crippen molar-refractivity contribution >= 4 is 23.2 Å². The molecule has 0 aliphatic heterocycles. The van der Waals surface area contributed by atoms with E-state index in [0.29, 0.717) is 5.02 Å². The number of carbonyl (C=O) groups is 2. The molecule has 2 aromatic carbocycles. The van der Waals surface area contributed by atoms with Crippen LogP contribution in [0.3, 0.4) is 0 Å². The molecule has 3 saturated carbocycles. The molecule has 0 aromatic heterocycles. The number of hydrogen-bond donors (Lipinski definition) is 0. The van der Waals surface area contributed by atoms with Crippen molar-refractivity contribution in [1.29, 1.82) is 0 Å². The number of hydrogen-bond acceptors (Lipinski definition) is 2. The lowest BCUT2D eigenvalue weighted by Crippen LogP contribution is -2.24. The van der Waals surface area contributed by atoms with Crippen LogP contribution in [-0.2, 0) is 16.0 Å². The van der Waals surface area contributed by atoms with Gasteiger partial charge < -0.3 is 0 Å². The first-order valence-corrected chi connectivity index (χ1v) is 11.4. The van der Waals surface area contributed by atoms with Crippen LogP contribution in [-0.4, -0.2) is 11.6 Å². The van der Waals surface area contributed by atoms with Crippen molar-refractivity contribution in [2.75, 3.05) is 0 Å². The molecule has 2 nitrogen and oxygen atoms in total. The summed E-state index contributed by atoms with van der Waals surface area (Å²) in [6.45, 7) is 6.37. The second-order valence-corrected chi connectivity index (χ2v) is 9.75. The van der Waals surface area contributed by atoms with E-state index in [1.165, 1.54) is 11.1 Å². The van der Waals surface area contributed by atoms with E-state index in [-0.39, 0.29) is 35.2 Å². The summed E-state index contributed by atoms with van der Waals surface area (Å²) in [6, 6.07) is 14.0. The van der Waals surface area contributed by atoms with Gasteiger partial charge in [0.25, 0.3) is 0 Å². The number of allylic oxidation sites excluding steroid dienone is 2. The van der Waals surface area contributed by atoms with E-state index >= 15 is 0 Å². The van der Waals surface area contributed by atoms with Gasteiger partial charge in [0.2, 0.25) is 0 Å². The number of Topliss-reactive ketones (excluding diaryl/α,β-unsaturated/α-hetero) is 2. The summed E-state index contributed by atoms with van der Waals surface area (Å²) in [5.74, 6) is 0.110. The van der Waals surface area contributed by atoms with E-state index < -0.39 is 5.92 Å². The minimum Gasteiger partial charge on any atom is -0.298 e. The first-order chi connectivity index (χ1) is 14.4. The highest BCUT2D eigenvalue weighted by Crippen LogP contribution is 2.62. The quantitative estimate of drug-likeness (QED) is 0.426. The Morgan fingerprint density at radius 1 is 0.900 bits per heavy atom. The third kappa shape index (κ3) is 2.76. The van der Waals surface area contributed by atoms with Crippen LogP contribution in [0.5, 0.6) is 0 Å². The summed E-state index contributed by atoms with van der Waals surface area (Å²) in [5, 5.41) is 0.698. The predicted molar refractivity (Wildman–Crippen MR) is 121 cm³/mol. The van der Waals surface area contributed by atoms with Gasteiger partial charge in [0.1, 0.15) is 5.92 Å². The summed E-state index contributed by atoms with van der Waals surface area (Å²) >= 11 is 6.05. The van der Waals surface area contributed by atoms with E-state index in [2.05, 4.69) is 39.0 Å². The third-order valence-electron chi connectivity index (χ3n) is 7.66. The average Bonchev–Trinajstić information content (AvgIpc) is 3.38. The van der Waals surface area contributed by atoms with E-state index in [0.717, 1.165) is 41.5 Å². The normalized spacial score (nSPS) is 29.6. The average molecular weight is 419 g/mol. The van der Waals surface area contributed by atoms with Gasteiger partial charge in [0.15, 0.2) is 11.6 Å². The number of carbonyl (C=O) groups excluding carboxylic acids is 2. The Kier molecular flexibility index (Phi) is 4.74. The van der Waals surface area contributed by atoms with Gasteiger partial charge in [0.05, 0.1) is 0 Å². The number of rotatable bonds is 3. The Bertz CT molecular complexity index is 1040. The Morgan fingerprint density at radius 3 is 2.00 bits per heavy atom. The van der Waals surface area contributed by atoms with Gasteiger partial charge in [-0.15, -0.1) is 0 Å². The first-order valence-electron chi connectivity index (χ1n) is 11.1. The lowest BCUT2D eigenvalue weighted by atomic mass is 9.81. The summed E-state index contributed by atoms with van der Waals surface area (Å²) in [7, 11) is 0. The molecule has 0 spiro atoms. The Morgan fingerprint density at radius 2 is 1.47 bits per heavy atom. The lowest BCUT2D eigenvalue weighted by Gasteiger charge is -2.20. The molecule has 2 bridgehead atoms. The molecular weight excluding hydrogens is 392 g/mol. The molecule has 3 heteroatoms. The molecule has 5 atom stereocenters. The van der Waals surface area contributed by atoms with Crippen LogP contribution in [0.15, 0.2) is 53.6 Å². The van der Waals surface area contributed by atoms with Gasteiger partial charge in [-0.2, -0.15) is 0 Å². The van der Waals surface area contributed by atoms with Crippen LogP contribution in [0.4, 0.5) is 0 Å². The van der Waals surface area contributed by atoms with Crippen LogP contribution >= 0.6 is 11.6 Å². The molecule has 2 aromatic rings. The van der Waals surface area contributed by atoms with Gasteiger partial charge in [-0.3, -0.25) is 9.59 Å². The summed E-state index contributed by atoms with van der Waals surface area (Å²) in [5.41, 5.74) is 6.84. The monoisotopic (exact) mass is 418 g/mol. The van der Waals surface area contributed by atoms with Crippen molar-refractivity contribution in [3.05, 3.63) is 69.8 Å². The molecule has 5 rings (SSSR count). The fraction of sp³-hybridized carbons (Fsp3) is 0.407. The summed E-state index contributed by atoms with van der Waals surface area (Å²) in [6.07, 6.45) is 2.93. The largest absolute Gasteiger partial charge is 0.298 e. The van der Waals surface area contributed by atoms with Gasteiger partial charge in [-0.25, -0.2) is 0 Å². The maximum atomic E-state index is 13.7. The summed E-state index contributed by atoms with van der Waals surface area (Å²) in [4.78, 5) is 27.3.